The van der Waals surface area contributed by atoms with Crippen LogP contribution in [-0.2, 0) is 4.74 Å². The topological polar surface area (TPSA) is 67.7 Å². The molecule has 0 N–H and O–H groups in total. The molecule has 9 heteroatoms. The second kappa shape index (κ2) is 8.25. The van der Waals surface area contributed by atoms with Gasteiger partial charge in [0.2, 0.25) is 0 Å². The molecule has 1 saturated heterocycles. The Morgan fingerprint density at radius 2 is 1.97 bits per heavy atom. The summed E-state index contributed by atoms with van der Waals surface area (Å²) in [4.78, 5) is 28.6. The van der Waals surface area contributed by atoms with E-state index in [1.165, 1.54) is 0 Å². The van der Waals surface area contributed by atoms with Crippen LogP contribution in [0.1, 0.15) is 42.7 Å². The number of rotatable bonds is 3. The number of ether oxygens (including phenoxy) is 1. The van der Waals surface area contributed by atoms with Crippen molar-refractivity contribution in [2.75, 3.05) is 25.0 Å². The molecule has 7 nitrogen and oxygen atoms in total. The van der Waals surface area contributed by atoms with Crippen LogP contribution in [0, 0.1) is 10.5 Å². The summed E-state index contributed by atoms with van der Waals surface area (Å²) < 4.78 is 8.98. The molecule has 156 valence electrons. The van der Waals surface area contributed by atoms with Crippen LogP contribution >= 0.6 is 38.5 Å². The van der Waals surface area contributed by atoms with Crippen molar-refractivity contribution < 1.29 is 14.3 Å². The number of aryl methyl sites for hydroxylation is 1. The van der Waals surface area contributed by atoms with Gasteiger partial charge in [-0.1, -0.05) is 0 Å². The summed E-state index contributed by atoms with van der Waals surface area (Å²) in [5.74, 6) is 0.584. The van der Waals surface area contributed by atoms with Crippen LogP contribution in [0.4, 0.5) is 10.6 Å². The van der Waals surface area contributed by atoms with Crippen molar-refractivity contribution in [3.05, 3.63) is 43.6 Å². The summed E-state index contributed by atoms with van der Waals surface area (Å²) in [7, 11) is 1.74. The first-order valence-electron chi connectivity index (χ1n) is 9.23. The van der Waals surface area contributed by atoms with E-state index in [0.717, 1.165) is 13.6 Å². The van der Waals surface area contributed by atoms with Crippen molar-refractivity contribution in [2.24, 2.45) is 0 Å². The van der Waals surface area contributed by atoms with Crippen molar-refractivity contribution in [1.29, 1.82) is 0 Å². The molecular formula is C20H24BrIN4O3. The molecular weight excluding hydrogens is 551 g/mol. The average Bonchev–Trinajstić information content (AvgIpc) is 3.03. The lowest BCUT2D eigenvalue weighted by Gasteiger charge is -2.40. The minimum Gasteiger partial charge on any atom is -0.444 e. The Morgan fingerprint density at radius 3 is 2.59 bits per heavy atom. The molecule has 0 spiro atoms. The molecule has 3 rings (SSSR count). The van der Waals surface area contributed by atoms with Crippen LogP contribution in [-0.4, -0.2) is 52.4 Å². The molecule has 0 unspecified atom stereocenters. The number of carbonyl (C=O) groups is 2. The van der Waals surface area contributed by atoms with Gasteiger partial charge in [0.1, 0.15) is 11.4 Å². The molecule has 29 heavy (non-hydrogen) atoms. The van der Waals surface area contributed by atoms with Gasteiger partial charge in [0.25, 0.3) is 5.91 Å². The maximum absolute atomic E-state index is 13.2. The van der Waals surface area contributed by atoms with E-state index in [2.05, 4.69) is 43.6 Å². The number of halogens is 2. The lowest BCUT2D eigenvalue weighted by molar-refractivity contribution is -0.000243. The highest BCUT2D eigenvalue weighted by Crippen LogP contribution is 2.30. The number of anilines is 1. The third-order valence-electron chi connectivity index (χ3n) is 4.56. The molecule has 1 aromatic heterocycles. The van der Waals surface area contributed by atoms with E-state index >= 15 is 0 Å². The number of amides is 2. The van der Waals surface area contributed by atoms with Crippen LogP contribution < -0.4 is 4.90 Å². The quantitative estimate of drug-likeness (QED) is 0.501. The summed E-state index contributed by atoms with van der Waals surface area (Å²) in [6.45, 7) is 8.50. The smallest absolute Gasteiger partial charge is 0.410 e. The SMILES string of the molecule is Cc1cc(Br)c(I)c(C(=O)N(C)c2ccnn2C2CN(C(=O)OC(C)(C)C)C2)c1. The van der Waals surface area contributed by atoms with Gasteiger partial charge in [0, 0.05) is 34.2 Å². The van der Waals surface area contributed by atoms with Crippen molar-refractivity contribution in [2.45, 2.75) is 39.3 Å². The van der Waals surface area contributed by atoms with Gasteiger partial charge < -0.3 is 9.64 Å². The highest BCUT2D eigenvalue weighted by molar-refractivity contribution is 14.1. The zero-order valence-corrected chi connectivity index (χ0v) is 20.8. The van der Waals surface area contributed by atoms with Crippen LogP contribution in [0.2, 0.25) is 0 Å². The van der Waals surface area contributed by atoms with E-state index in [-0.39, 0.29) is 18.0 Å². The normalized spacial score (nSPS) is 14.5. The predicted molar refractivity (Wildman–Crippen MR) is 123 cm³/mol. The van der Waals surface area contributed by atoms with E-state index in [4.69, 9.17) is 4.74 Å². The summed E-state index contributed by atoms with van der Waals surface area (Å²) in [6.07, 6.45) is 1.35. The molecule has 2 amide bonds. The standard InChI is InChI=1S/C20H24BrIN4O3/c1-12-8-14(17(22)15(21)9-12)18(27)24(5)16-6-7-23-26(16)13-10-25(11-13)19(28)29-20(2,3)4/h6-9,13H,10-11H2,1-5H3. The molecule has 1 aliphatic heterocycles. The van der Waals surface area contributed by atoms with E-state index in [1.807, 2.05) is 45.9 Å². The number of carbonyl (C=O) groups excluding carboxylic acids is 2. The summed E-state index contributed by atoms with van der Waals surface area (Å²) in [5, 5.41) is 4.39. The summed E-state index contributed by atoms with van der Waals surface area (Å²) in [6, 6.07) is 5.69. The molecule has 1 aromatic carbocycles. The first-order valence-corrected chi connectivity index (χ1v) is 11.1. The maximum atomic E-state index is 13.2. The van der Waals surface area contributed by atoms with E-state index in [1.54, 1.807) is 27.7 Å². The third kappa shape index (κ3) is 4.76. The van der Waals surface area contributed by atoms with Gasteiger partial charge in [-0.3, -0.25) is 9.69 Å². The van der Waals surface area contributed by atoms with Crippen molar-refractivity contribution in [1.82, 2.24) is 14.7 Å². The number of benzene rings is 1. The van der Waals surface area contributed by atoms with Gasteiger partial charge in [-0.25, -0.2) is 9.48 Å². The number of hydrogen-bond acceptors (Lipinski definition) is 4. The Morgan fingerprint density at radius 1 is 1.31 bits per heavy atom. The van der Waals surface area contributed by atoms with E-state index < -0.39 is 5.60 Å². The number of hydrogen-bond donors (Lipinski definition) is 0. The molecule has 2 aromatic rings. The molecule has 2 heterocycles. The molecule has 0 saturated carbocycles. The monoisotopic (exact) mass is 574 g/mol. The molecule has 0 radical (unpaired) electrons. The number of aromatic nitrogens is 2. The van der Waals surface area contributed by atoms with Gasteiger partial charge >= 0.3 is 6.09 Å². The first kappa shape index (κ1) is 22.1. The first-order chi connectivity index (χ1) is 13.5. The maximum Gasteiger partial charge on any atom is 0.410 e. The number of nitrogens with zero attached hydrogens (tertiary/aromatic N) is 4. The second-order valence-electron chi connectivity index (χ2n) is 8.15. The van der Waals surface area contributed by atoms with Crippen molar-refractivity contribution in [3.63, 3.8) is 0 Å². The Labute approximate surface area is 192 Å². The Hall–Kier alpha value is -1.62. The largest absolute Gasteiger partial charge is 0.444 e. The minimum atomic E-state index is -0.523. The predicted octanol–water partition coefficient (Wildman–Crippen LogP) is 4.63. The zero-order chi connectivity index (χ0) is 21.5. The van der Waals surface area contributed by atoms with Crippen molar-refractivity contribution >= 4 is 56.3 Å². The Bertz CT molecular complexity index is 948. The summed E-state index contributed by atoms with van der Waals surface area (Å²) in [5.41, 5.74) is 1.12. The van der Waals surface area contributed by atoms with Crippen LogP contribution in [0.25, 0.3) is 0 Å². The lowest BCUT2D eigenvalue weighted by Crippen LogP contribution is -2.52. The minimum absolute atomic E-state index is 0.00564. The molecule has 0 aliphatic carbocycles. The fourth-order valence-electron chi connectivity index (χ4n) is 3.10. The Balaban J connectivity index is 1.74. The zero-order valence-electron chi connectivity index (χ0n) is 17.1. The van der Waals surface area contributed by atoms with Gasteiger partial charge in [-0.15, -0.1) is 0 Å². The highest BCUT2D eigenvalue weighted by atomic mass is 127. The fraction of sp³-hybridized carbons (Fsp3) is 0.450. The van der Waals surface area contributed by atoms with E-state index in [0.29, 0.717) is 24.5 Å². The summed E-state index contributed by atoms with van der Waals surface area (Å²) >= 11 is 5.69. The van der Waals surface area contributed by atoms with E-state index in [9.17, 15) is 9.59 Å². The van der Waals surface area contributed by atoms with Crippen LogP contribution in [0.5, 0.6) is 0 Å². The molecule has 1 aliphatic rings. The Kier molecular flexibility index (Phi) is 6.28. The molecule has 1 fully saturated rings. The molecule has 0 bridgehead atoms. The third-order valence-corrected chi connectivity index (χ3v) is 7.09. The second-order valence-corrected chi connectivity index (χ2v) is 10.1. The van der Waals surface area contributed by atoms with Crippen LogP contribution in [0.15, 0.2) is 28.9 Å². The molecule has 0 atom stereocenters. The van der Waals surface area contributed by atoms with Gasteiger partial charge in [-0.05, 0) is 83.9 Å². The van der Waals surface area contributed by atoms with Gasteiger partial charge in [0.15, 0.2) is 0 Å². The van der Waals surface area contributed by atoms with Gasteiger partial charge in [-0.2, -0.15) is 5.10 Å². The highest BCUT2D eigenvalue weighted by Gasteiger charge is 2.37. The van der Waals surface area contributed by atoms with Crippen LogP contribution in [0.3, 0.4) is 0 Å². The number of likely N-dealkylation sites (tertiary alicyclic amines) is 1. The van der Waals surface area contributed by atoms with Gasteiger partial charge in [0.05, 0.1) is 17.8 Å². The lowest BCUT2D eigenvalue weighted by atomic mass is 10.1. The average molecular weight is 575 g/mol. The van der Waals surface area contributed by atoms with Crippen molar-refractivity contribution in [3.8, 4) is 0 Å². The fourth-order valence-corrected chi connectivity index (χ4v) is 4.22.